The number of nitrogens with two attached hydrogens (primary N) is 1. The highest BCUT2D eigenvalue weighted by Gasteiger charge is 2.24. The minimum atomic E-state index is -0.0990. The SMILES string of the molecule is CCCC(C)(C)n1nnnc1-c1cccc(N)c1. The van der Waals surface area contributed by atoms with E-state index in [0.29, 0.717) is 0 Å². The molecule has 5 nitrogen and oxygen atoms in total. The minimum absolute atomic E-state index is 0.0990. The zero-order chi connectivity index (χ0) is 13.2. The number of nitrogen functional groups attached to an aromatic ring is 1. The van der Waals surface area contributed by atoms with Crippen LogP contribution >= 0.6 is 0 Å². The molecule has 1 aromatic carbocycles. The highest BCUT2D eigenvalue weighted by Crippen LogP contribution is 2.27. The first-order valence-electron chi connectivity index (χ1n) is 6.19. The molecule has 0 bridgehead atoms. The Labute approximate surface area is 107 Å². The van der Waals surface area contributed by atoms with Gasteiger partial charge in [-0.1, -0.05) is 25.5 Å². The Morgan fingerprint density at radius 2 is 2.11 bits per heavy atom. The van der Waals surface area contributed by atoms with Crippen molar-refractivity contribution in [3.63, 3.8) is 0 Å². The largest absolute Gasteiger partial charge is 0.399 e. The molecule has 0 aliphatic carbocycles. The molecule has 0 radical (unpaired) electrons. The zero-order valence-corrected chi connectivity index (χ0v) is 11.1. The van der Waals surface area contributed by atoms with Gasteiger partial charge in [0, 0.05) is 11.3 Å². The van der Waals surface area contributed by atoms with Gasteiger partial charge in [-0.2, -0.15) is 0 Å². The van der Waals surface area contributed by atoms with E-state index in [-0.39, 0.29) is 5.54 Å². The van der Waals surface area contributed by atoms with Crippen LogP contribution in [0.25, 0.3) is 11.4 Å². The third kappa shape index (κ3) is 2.34. The van der Waals surface area contributed by atoms with Crippen LogP contribution in [0.5, 0.6) is 0 Å². The Kier molecular flexibility index (Phi) is 3.32. The number of anilines is 1. The summed E-state index contributed by atoms with van der Waals surface area (Å²) in [6, 6.07) is 7.64. The van der Waals surface area contributed by atoms with Crippen molar-refractivity contribution in [2.24, 2.45) is 0 Å². The number of hydrogen-bond donors (Lipinski definition) is 1. The molecule has 0 fully saturated rings. The molecule has 0 atom stereocenters. The van der Waals surface area contributed by atoms with Gasteiger partial charge < -0.3 is 5.73 Å². The van der Waals surface area contributed by atoms with Crippen LogP contribution in [-0.2, 0) is 5.54 Å². The molecule has 96 valence electrons. The van der Waals surface area contributed by atoms with E-state index in [1.807, 2.05) is 28.9 Å². The molecule has 2 rings (SSSR count). The summed E-state index contributed by atoms with van der Waals surface area (Å²) in [7, 11) is 0. The van der Waals surface area contributed by atoms with Crippen molar-refractivity contribution in [1.82, 2.24) is 20.2 Å². The van der Waals surface area contributed by atoms with Gasteiger partial charge >= 0.3 is 0 Å². The Morgan fingerprint density at radius 1 is 1.33 bits per heavy atom. The van der Waals surface area contributed by atoms with E-state index in [9.17, 15) is 0 Å². The Hall–Kier alpha value is -1.91. The normalized spacial score (nSPS) is 11.7. The second kappa shape index (κ2) is 4.76. The summed E-state index contributed by atoms with van der Waals surface area (Å²) in [5.41, 5.74) is 7.37. The first-order chi connectivity index (χ1) is 8.54. The van der Waals surface area contributed by atoms with E-state index in [0.717, 1.165) is 29.9 Å². The Bertz CT molecular complexity index is 530. The van der Waals surface area contributed by atoms with Crippen molar-refractivity contribution in [1.29, 1.82) is 0 Å². The summed E-state index contributed by atoms with van der Waals surface area (Å²) in [4.78, 5) is 0. The summed E-state index contributed by atoms with van der Waals surface area (Å²) in [5, 5.41) is 12.0. The first-order valence-corrected chi connectivity index (χ1v) is 6.19. The lowest BCUT2D eigenvalue weighted by Gasteiger charge is -2.25. The second-order valence-corrected chi connectivity index (χ2v) is 5.10. The van der Waals surface area contributed by atoms with Gasteiger partial charge in [-0.3, -0.25) is 0 Å². The molecule has 1 heterocycles. The third-order valence-corrected chi connectivity index (χ3v) is 3.05. The van der Waals surface area contributed by atoms with Crippen LogP contribution in [-0.4, -0.2) is 20.2 Å². The standard InChI is InChI=1S/C13H19N5/c1-4-8-13(2,3)18-12(15-16-17-18)10-6-5-7-11(14)9-10/h5-7,9H,4,8,14H2,1-3H3. The highest BCUT2D eigenvalue weighted by molar-refractivity contribution is 5.60. The van der Waals surface area contributed by atoms with E-state index in [1.165, 1.54) is 0 Å². The Morgan fingerprint density at radius 3 is 2.78 bits per heavy atom. The monoisotopic (exact) mass is 245 g/mol. The van der Waals surface area contributed by atoms with Crippen LogP contribution in [0.2, 0.25) is 0 Å². The average Bonchev–Trinajstić information content (AvgIpc) is 2.78. The molecule has 0 saturated carbocycles. The minimum Gasteiger partial charge on any atom is -0.399 e. The van der Waals surface area contributed by atoms with Gasteiger partial charge in [-0.05, 0) is 42.8 Å². The molecule has 0 saturated heterocycles. The molecule has 0 amide bonds. The Balaban J connectivity index is 2.45. The quantitative estimate of drug-likeness (QED) is 0.840. The maximum absolute atomic E-state index is 5.80. The lowest BCUT2D eigenvalue weighted by Crippen LogP contribution is -2.28. The van der Waals surface area contributed by atoms with Gasteiger partial charge in [0.15, 0.2) is 5.82 Å². The van der Waals surface area contributed by atoms with Crippen LogP contribution in [0.1, 0.15) is 33.6 Å². The molecule has 2 N–H and O–H groups in total. The van der Waals surface area contributed by atoms with Gasteiger partial charge in [0.1, 0.15) is 0 Å². The predicted octanol–water partition coefficient (Wildman–Crippen LogP) is 2.46. The van der Waals surface area contributed by atoms with E-state index >= 15 is 0 Å². The molecule has 0 aliphatic heterocycles. The van der Waals surface area contributed by atoms with Crippen LogP contribution in [0.4, 0.5) is 5.69 Å². The van der Waals surface area contributed by atoms with E-state index < -0.39 is 0 Å². The summed E-state index contributed by atoms with van der Waals surface area (Å²) in [5.74, 6) is 0.765. The highest BCUT2D eigenvalue weighted by atomic mass is 15.6. The first kappa shape index (κ1) is 12.5. The fourth-order valence-corrected chi connectivity index (χ4v) is 2.17. The maximum Gasteiger partial charge on any atom is 0.182 e. The van der Waals surface area contributed by atoms with Gasteiger partial charge in [0.05, 0.1) is 5.54 Å². The molecular weight excluding hydrogens is 226 g/mol. The van der Waals surface area contributed by atoms with Gasteiger partial charge in [0.2, 0.25) is 0 Å². The lowest BCUT2D eigenvalue weighted by atomic mass is 9.98. The summed E-state index contributed by atoms with van der Waals surface area (Å²) < 4.78 is 1.88. The third-order valence-electron chi connectivity index (χ3n) is 3.05. The van der Waals surface area contributed by atoms with Crippen molar-refractivity contribution in [2.45, 2.75) is 39.2 Å². The van der Waals surface area contributed by atoms with E-state index in [1.54, 1.807) is 0 Å². The number of aromatic nitrogens is 4. The summed E-state index contributed by atoms with van der Waals surface area (Å²) >= 11 is 0. The fraction of sp³-hybridized carbons (Fsp3) is 0.462. The van der Waals surface area contributed by atoms with E-state index in [2.05, 4.69) is 36.3 Å². The lowest BCUT2D eigenvalue weighted by molar-refractivity contribution is 0.290. The van der Waals surface area contributed by atoms with Crippen molar-refractivity contribution >= 4 is 5.69 Å². The second-order valence-electron chi connectivity index (χ2n) is 5.10. The van der Waals surface area contributed by atoms with Crippen molar-refractivity contribution in [2.75, 3.05) is 5.73 Å². The van der Waals surface area contributed by atoms with Crippen molar-refractivity contribution in [3.05, 3.63) is 24.3 Å². The maximum atomic E-state index is 5.80. The van der Waals surface area contributed by atoms with Gasteiger partial charge in [-0.25, -0.2) is 4.68 Å². The molecule has 0 unspecified atom stereocenters. The van der Waals surface area contributed by atoms with Crippen LogP contribution < -0.4 is 5.73 Å². The molecule has 2 aromatic rings. The smallest absolute Gasteiger partial charge is 0.182 e. The van der Waals surface area contributed by atoms with Gasteiger partial charge in [0.25, 0.3) is 0 Å². The van der Waals surface area contributed by atoms with Crippen LogP contribution in [0, 0.1) is 0 Å². The summed E-state index contributed by atoms with van der Waals surface area (Å²) in [6.45, 7) is 6.44. The number of tetrazole rings is 1. The fourth-order valence-electron chi connectivity index (χ4n) is 2.17. The van der Waals surface area contributed by atoms with Crippen LogP contribution in [0.3, 0.4) is 0 Å². The topological polar surface area (TPSA) is 69.6 Å². The number of benzene rings is 1. The van der Waals surface area contributed by atoms with Crippen LogP contribution in [0.15, 0.2) is 24.3 Å². The number of rotatable bonds is 4. The molecular formula is C13H19N5. The molecule has 5 heteroatoms. The molecule has 0 spiro atoms. The molecule has 1 aromatic heterocycles. The molecule has 18 heavy (non-hydrogen) atoms. The molecule has 0 aliphatic rings. The van der Waals surface area contributed by atoms with Gasteiger partial charge in [-0.15, -0.1) is 5.10 Å². The number of hydrogen-bond acceptors (Lipinski definition) is 4. The average molecular weight is 245 g/mol. The predicted molar refractivity (Wildman–Crippen MR) is 71.9 cm³/mol. The number of nitrogens with zero attached hydrogens (tertiary/aromatic N) is 4. The van der Waals surface area contributed by atoms with Crippen molar-refractivity contribution < 1.29 is 0 Å². The van der Waals surface area contributed by atoms with Crippen molar-refractivity contribution in [3.8, 4) is 11.4 Å². The summed E-state index contributed by atoms with van der Waals surface area (Å²) in [6.07, 6.45) is 2.11. The zero-order valence-electron chi connectivity index (χ0n) is 11.1. The van der Waals surface area contributed by atoms with E-state index in [4.69, 9.17) is 5.73 Å².